The van der Waals surface area contributed by atoms with Gasteiger partial charge in [-0.05, 0) is 38.3 Å². The second-order valence-corrected chi connectivity index (χ2v) is 8.81. The van der Waals surface area contributed by atoms with Crippen molar-refractivity contribution >= 4 is 27.3 Å². The maximum absolute atomic E-state index is 12.7. The van der Waals surface area contributed by atoms with Gasteiger partial charge in [0, 0.05) is 18.5 Å². The van der Waals surface area contributed by atoms with E-state index in [9.17, 15) is 18.0 Å². The number of nitrogens with two attached hydrogens (primary N) is 1. The Kier molecular flexibility index (Phi) is 6.18. The molecular formula is C17H25N3O4S. The van der Waals surface area contributed by atoms with Gasteiger partial charge in [0.1, 0.15) is 15.9 Å². The van der Waals surface area contributed by atoms with Gasteiger partial charge in [-0.1, -0.05) is 17.7 Å². The first-order valence-electron chi connectivity index (χ1n) is 8.29. The normalized spacial score (nSPS) is 19.6. The molecule has 1 aliphatic heterocycles. The lowest BCUT2D eigenvalue weighted by molar-refractivity contribution is -0.129. The van der Waals surface area contributed by atoms with Gasteiger partial charge in [0.25, 0.3) is 0 Å². The lowest BCUT2D eigenvalue weighted by Gasteiger charge is -2.33. The van der Waals surface area contributed by atoms with Crippen LogP contribution in [0.1, 0.15) is 24.8 Å². The summed E-state index contributed by atoms with van der Waals surface area (Å²) in [6.07, 6.45) is 2.45. The fraction of sp³-hybridized carbons (Fsp3) is 0.529. The molecule has 1 aromatic rings. The molecule has 7 nitrogen and oxygen atoms in total. The molecule has 1 fully saturated rings. The quantitative estimate of drug-likeness (QED) is 0.755. The number of hydrogen-bond donors (Lipinski definition) is 2. The molecule has 0 aliphatic carbocycles. The van der Waals surface area contributed by atoms with Gasteiger partial charge < -0.3 is 16.0 Å². The van der Waals surface area contributed by atoms with E-state index in [0.29, 0.717) is 13.0 Å². The van der Waals surface area contributed by atoms with E-state index in [1.165, 1.54) is 0 Å². The van der Waals surface area contributed by atoms with Crippen molar-refractivity contribution < 1.29 is 18.0 Å². The number of nitrogens with zero attached hydrogens (tertiary/aromatic N) is 1. The van der Waals surface area contributed by atoms with Crippen LogP contribution in [0.2, 0.25) is 0 Å². The Balaban J connectivity index is 1.98. The van der Waals surface area contributed by atoms with Crippen LogP contribution in [0, 0.1) is 6.92 Å². The van der Waals surface area contributed by atoms with Crippen LogP contribution in [0.3, 0.4) is 0 Å². The second kappa shape index (κ2) is 7.97. The van der Waals surface area contributed by atoms with E-state index in [1.54, 1.807) is 4.90 Å². The summed E-state index contributed by atoms with van der Waals surface area (Å²) in [5.74, 6) is -0.818. The average Bonchev–Trinajstić information content (AvgIpc) is 2.54. The molecule has 1 aliphatic rings. The minimum Gasteiger partial charge on any atom is -0.343 e. The number of carbonyl (C=O) groups is 2. The predicted molar refractivity (Wildman–Crippen MR) is 97.0 cm³/mol. The van der Waals surface area contributed by atoms with E-state index in [4.69, 9.17) is 5.73 Å². The maximum atomic E-state index is 12.7. The first-order valence-corrected chi connectivity index (χ1v) is 10.3. The summed E-state index contributed by atoms with van der Waals surface area (Å²) >= 11 is 0. The molecule has 0 bridgehead atoms. The molecular weight excluding hydrogens is 342 g/mol. The number of rotatable bonds is 6. The Morgan fingerprint density at radius 1 is 1.36 bits per heavy atom. The molecule has 0 radical (unpaired) electrons. The van der Waals surface area contributed by atoms with Crippen molar-refractivity contribution in [1.82, 2.24) is 5.32 Å². The van der Waals surface area contributed by atoms with Crippen molar-refractivity contribution in [2.24, 2.45) is 5.73 Å². The molecule has 25 heavy (non-hydrogen) atoms. The molecule has 0 spiro atoms. The molecule has 1 heterocycles. The Morgan fingerprint density at radius 2 is 2.00 bits per heavy atom. The van der Waals surface area contributed by atoms with Gasteiger partial charge in [0.2, 0.25) is 11.8 Å². The summed E-state index contributed by atoms with van der Waals surface area (Å²) in [5, 5.41) is 2.67. The van der Waals surface area contributed by atoms with Crippen molar-refractivity contribution in [3.05, 3.63) is 29.8 Å². The fourth-order valence-corrected chi connectivity index (χ4v) is 3.42. The van der Waals surface area contributed by atoms with Crippen LogP contribution in [0.5, 0.6) is 0 Å². The Bertz CT molecular complexity index is 731. The molecule has 3 N–H and O–H groups in total. The molecule has 138 valence electrons. The Hall–Kier alpha value is -1.93. The summed E-state index contributed by atoms with van der Waals surface area (Å²) in [5.41, 5.74) is 7.66. The zero-order valence-corrected chi connectivity index (χ0v) is 15.4. The standard InChI is InChI=1S/C17H25N3O4S/c1-12-5-7-13(8-6-12)20-10-3-4-15(17(20)22)19-16(21)14(18)9-11-25(2,23)24/h5-8,14-15H,3-4,9-11,18H2,1-2H3,(H,19,21). The number of anilines is 1. The molecule has 1 aromatic carbocycles. The van der Waals surface area contributed by atoms with Crippen LogP contribution >= 0.6 is 0 Å². The fourth-order valence-electron chi connectivity index (χ4n) is 2.74. The lowest BCUT2D eigenvalue weighted by Crippen LogP contribution is -2.55. The second-order valence-electron chi connectivity index (χ2n) is 6.55. The zero-order chi connectivity index (χ0) is 18.6. The smallest absolute Gasteiger partial charge is 0.249 e. The third kappa shape index (κ3) is 5.54. The average molecular weight is 367 g/mol. The van der Waals surface area contributed by atoms with Gasteiger partial charge in [0.05, 0.1) is 11.8 Å². The number of amides is 2. The molecule has 2 unspecified atom stereocenters. The van der Waals surface area contributed by atoms with Gasteiger partial charge in [0.15, 0.2) is 0 Å². The van der Waals surface area contributed by atoms with Gasteiger partial charge >= 0.3 is 0 Å². The van der Waals surface area contributed by atoms with Crippen LogP contribution in [0.25, 0.3) is 0 Å². The van der Waals surface area contributed by atoms with E-state index in [0.717, 1.165) is 23.9 Å². The van der Waals surface area contributed by atoms with E-state index in [-0.39, 0.29) is 18.1 Å². The minimum atomic E-state index is -3.18. The van der Waals surface area contributed by atoms with Crippen molar-refractivity contribution in [2.45, 2.75) is 38.3 Å². The third-order valence-corrected chi connectivity index (χ3v) is 5.21. The van der Waals surface area contributed by atoms with Gasteiger partial charge in [-0.3, -0.25) is 9.59 Å². The highest BCUT2D eigenvalue weighted by Crippen LogP contribution is 2.21. The molecule has 2 atom stereocenters. The van der Waals surface area contributed by atoms with Crippen LogP contribution in [0.15, 0.2) is 24.3 Å². The topological polar surface area (TPSA) is 110 Å². The van der Waals surface area contributed by atoms with Crippen molar-refractivity contribution in [3.8, 4) is 0 Å². The monoisotopic (exact) mass is 367 g/mol. The minimum absolute atomic E-state index is 0.0350. The Labute approximate surface area is 148 Å². The van der Waals surface area contributed by atoms with Gasteiger partial charge in [-0.15, -0.1) is 0 Å². The van der Waals surface area contributed by atoms with Crippen LogP contribution in [-0.4, -0.2) is 50.9 Å². The number of hydrogen-bond acceptors (Lipinski definition) is 5. The number of nitrogens with one attached hydrogen (secondary N) is 1. The SMILES string of the molecule is Cc1ccc(N2CCCC(NC(=O)C(N)CCS(C)(=O)=O)C2=O)cc1. The number of carbonyl (C=O) groups excluding carboxylic acids is 2. The van der Waals surface area contributed by atoms with Crippen LogP contribution in [-0.2, 0) is 19.4 Å². The lowest BCUT2D eigenvalue weighted by atomic mass is 10.0. The number of aryl methyl sites for hydroxylation is 1. The molecule has 2 rings (SSSR count). The highest BCUT2D eigenvalue weighted by molar-refractivity contribution is 7.90. The Morgan fingerprint density at radius 3 is 2.60 bits per heavy atom. The molecule has 0 aromatic heterocycles. The van der Waals surface area contributed by atoms with Gasteiger partial charge in [-0.2, -0.15) is 0 Å². The third-order valence-electron chi connectivity index (χ3n) is 4.24. The zero-order valence-electron chi connectivity index (χ0n) is 14.6. The summed E-state index contributed by atoms with van der Waals surface area (Å²) in [6, 6.07) is 6.06. The van der Waals surface area contributed by atoms with E-state index in [2.05, 4.69) is 5.32 Å². The summed E-state index contributed by atoms with van der Waals surface area (Å²) < 4.78 is 22.4. The predicted octanol–water partition coefficient (Wildman–Crippen LogP) is 0.369. The first kappa shape index (κ1) is 19.4. The van der Waals surface area contributed by atoms with Crippen molar-refractivity contribution in [3.63, 3.8) is 0 Å². The largest absolute Gasteiger partial charge is 0.343 e. The van der Waals surface area contributed by atoms with Gasteiger partial charge in [-0.25, -0.2) is 8.42 Å². The van der Waals surface area contributed by atoms with E-state index in [1.807, 2.05) is 31.2 Å². The van der Waals surface area contributed by atoms with Crippen LogP contribution < -0.4 is 16.0 Å². The molecule has 2 amide bonds. The van der Waals surface area contributed by atoms with E-state index >= 15 is 0 Å². The number of piperidine rings is 1. The van der Waals surface area contributed by atoms with E-state index < -0.39 is 27.8 Å². The summed E-state index contributed by atoms with van der Waals surface area (Å²) in [4.78, 5) is 26.5. The molecule has 1 saturated heterocycles. The first-order chi connectivity index (χ1) is 11.7. The highest BCUT2D eigenvalue weighted by Gasteiger charge is 2.31. The van der Waals surface area contributed by atoms with Crippen molar-refractivity contribution in [2.75, 3.05) is 23.5 Å². The summed E-state index contributed by atoms with van der Waals surface area (Å²) in [7, 11) is -3.18. The molecule has 0 saturated carbocycles. The highest BCUT2D eigenvalue weighted by atomic mass is 32.2. The summed E-state index contributed by atoms with van der Waals surface area (Å²) in [6.45, 7) is 2.58. The van der Waals surface area contributed by atoms with Crippen LogP contribution in [0.4, 0.5) is 5.69 Å². The molecule has 8 heteroatoms. The number of sulfone groups is 1. The van der Waals surface area contributed by atoms with Crippen molar-refractivity contribution in [1.29, 1.82) is 0 Å². The number of benzene rings is 1. The maximum Gasteiger partial charge on any atom is 0.249 e.